The number of nitrogens with one attached hydrogen (secondary N) is 1. The number of rotatable bonds is 3. The first kappa shape index (κ1) is 18.0. The molecule has 0 bridgehead atoms. The van der Waals surface area contributed by atoms with E-state index in [1.165, 1.54) is 41.2 Å². The molecule has 2 aromatic rings. The lowest BCUT2D eigenvalue weighted by Gasteiger charge is -2.26. The quantitative estimate of drug-likeness (QED) is 0.794. The van der Waals surface area contributed by atoms with Gasteiger partial charge in [-0.1, -0.05) is 0 Å². The van der Waals surface area contributed by atoms with Crippen LogP contribution in [0.5, 0.6) is 0 Å². The smallest absolute Gasteiger partial charge is 0.257 e. The number of carbonyl (C=O) groups is 1. The van der Waals surface area contributed by atoms with Crippen molar-refractivity contribution in [1.29, 1.82) is 0 Å². The fraction of sp³-hybridized carbons (Fsp3) is 0.188. The van der Waals surface area contributed by atoms with E-state index >= 15 is 0 Å². The lowest BCUT2D eigenvalue weighted by Crippen LogP contribution is -2.37. The molecule has 0 aliphatic carbocycles. The number of amidine groups is 1. The Labute approximate surface area is 159 Å². The van der Waals surface area contributed by atoms with Gasteiger partial charge in [-0.3, -0.25) is 4.79 Å². The minimum atomic E-state index is -3.46. The number of aromatic nitrogens is 4. The van der Waals surface area contributed by atoms with Crippen molar-refractivity contribution in [3.63, 3.8) is 0 Å². The predicted octanol–water partition coefficient (Wildman–Crippen LogP) is 0.546. The maximum atomic E-state index is 14.1. The summed E-state index contributed by atoms with van der Waals surface area (Å²) in [5.74, 6) is -0.439. The molecule has 1 aromatic heterocycles. The fourth-order valence-corrected chi connectivity index (χ4v) is 3.71. The Kier molecular flexibility index (Phi) is 4.26. The van der Waals surface area contributed by atoms with Crippen LogP contribution in [0.15, 0.2) is 46.5 Å². The van der Waals surface area contributed by atoms with Gasteiger partial charge in [0.25, 0.3) is 15.9 Å². The lowest BCUT2D eigenvalue weighted by atomic mass is 10.1. The Morgan fingerprint density at radius 3 is 2.86 bits per heavy atom. The van der Waals surface area contributed by atoms with Gasteiger partial charge in [0.1, 0.15) is 17.3 Å². The molecule has 1 N–H and O–H groups in total. The molecule has 0 saturated heterocycles. The average Bonchev–Trinajstić information content (AvgIpc) is 3.08. The molecule has 2 aliphatic heterocycles. The van der Waals surface area contributed by atoms with Crippen molar-refractivity contribution in [3.8, 4) is 5.69 Å². The van der Waals surface area contributed by atoms with Crippen LogP contribution >= 0.6 is 0 Å². The Morgan fingerprint density at radius 1 is 1.29 bits per heavy atom. The van der Waals surface area contributed by atoms with Gasteiger partial charge in [-0.2, -0.15) is 4.68 Å². The minimum absolute atomic E-state index is 0.101. The monoisotopic (exact) mass is 403 g/mol. The maximum absolute atomic E-state index is 14.1. The van der Waals surface area contributed by atoms with E-state index < -0.39 is 21.7 Å². The van der Waals surface area contributed by atoms with Crippen molar-refractivity contribution >= 4 is 27.5 Å². The van der Waals surface area contributed by atoms with Crippen LogP contribution in [0, 0.1) is 12.7 Å². The molecule has 12 heteroatoms. The number of carbonyl (C=O) groups excluding carboxylic acids is 1. The van der Waals surface area contributed by atoms with E-state index in [1.54, 1.807) is 11.8 Å². The number of anilines is 1. The molecular formula is C16H14FN7O3S. The van der Waals surface area contributed by atoms with Crippen LogP contribution in [0.2, 0.25) is 0 Å². The summed E-state index contributed by atoms with van der Waals surface area (Å²) in [5.41, 5.74) is 0.762. The molecule has 28 heavy (non-hydrogen) atoms. The van der Waals surface area contributed by atoms with Crippen LogP contribution in [0.3, 0.4) is 0 Å². The third kappa shape index (κ3) is 3.41. The van der Waals surface area contributed by atoms with Crippen molar-refractivity contribution in [2.24, 2.45) is 4.40 Å². The second kappa shape index (κ2) is 6.64. The highest BCUT2D eigenvalue weighted by Crippen LogP contribution is 2.21. The molecule has 0 radical (unpaired) electrons. The summed E-state index contributed by atoms with van der Waals surface area (Å²) in [6.45, 7) is 1.84. The fourth-order valence-electron chi connectivity index (χ4n) is 2.75. The van der Waals surface area contributed by atoms with E-state index in [4.69, 9.17) is 0 Å². The standard InChI is InChI=1S/C16H14FN7O3S/c1-10-19-21-22-24(10)14-8-12(3-4-13(14)17)18-16(25)11-2-5-15-20-28(26,27)7-6-23(15)9-11/h2-5,8-9H,6-7H2,1H3,(H,18,25). The van der Waals surface area contributed by atoms with Crippen LogP contribution in [0.4, 0.5) is 10.1 Å². The van der Waals surface area contributed by atoms with Gasteiger partial charge in [-0.25, -0.2) is 12.8 Å². The molecule has 0 saturated carbocycles. The molecule has 144 valence electrons. The predicted molar refractivity (Wildman–Crippen MR) is 97.6 cm³/mol. The number of benzene rings is 1. The number of sulfonamides is 1. The average molecular weight is 403 g/mol. The first-order chi connectivity index (χ1) is 13.3. The molecule has 2 aliphatic rings. The summed E-state index contributed by atoms with van der Waals surface area (Å²) in [6.07, 6.45) is 4.46. The summed E-state index contributed by atoms with van der Waals surface area (Å²) in [5, 5.41) is 13.6. The lowest BCUT2D eigenvalue weighted by molar-refractivity contribution is -0.112. The third-order valence-electron chi connectivity index (χ3n) is 4.14. The SMILES string of the molecule is Cc1nnnn1-c1cc(NC(=O)C2=CN3CCS(=O)(=O)N=C3C=C2)ccc1F. The molecule has 4 rings (SSSR count). The van der Waals surface area contributed by atoms with Crippen molar-refractivity contribution in [3.05, 3.63) is 53.8 Å². The molecule has 0 unspecified atom stereocenters. The van der Waals surface area contributed by atoms with Gasteiger partial charge in [0, 0.05) is 18.4 Å². The number of amides is 1. The summed E-state index contributed by atoms with van der Waals surface area (Å²) in [7, 11) is -3.46. The largest absolute Gasteiger partial charge is 0.330 e. The van der Waals surface area contributed by atoms with E-state index in [1.807, 2.05) is 0 Å². The first-order valence-electron chi connectivity index (χ1n) is 8.18. The summed E-state index contributed by atoms with van der Waals surface area (Å²) in [6, 6.07) is 4.05. The number of aryl methyl sites for hydroxylation is 1. The molecule has 1 aromatic carbocycles. The van der Waals surface area contributed by atoms with Crippen molar-refractivity contribution in [1.82, 2.24) is 25.1 Å². The van der Waals surface area contributed by atoms with Gasteiger partial charge in [-0.15, -0.1) is 9.50 Å². The molecule has 0 atom stereocenters. The zero-order valence-electron chi connectivity index (χ0n) is 14.6. The van der Waals surface area contributed by atoms with E-state index in [-0.39, 0.29) is 23.8 Å². The Morgan fingerprint density at radius 2 is 2.11 bits per heavy atom. The van der Waals surface area contributed by atoms with Crippen LogP contribution in [0.25, 0.3) is 5.69 Å². The Balaban J connectivity index is 1.56. The van der Waals surface area contributed by atoms with Gasteiger partial charge < -0.3 is 10.2 Å². The van der Waals surface area contributed by atoms with E-state index in [0.29, 0.717) is 17.1 Å². The highest BCUT2D eigenvalue weighted by atomic mass is 32.2. The molecule has 1 amide bonds. The molecular weight excluding hydrogens is 389 g/mol. The highest BCUT2D eigenvalue weighted by molar-refractivity contribution is 7.90. The molecule has 0 spiro atoms. The normalized spacial score (nSPS) is 17.6. The summed E-state index contributed by atoms with van der Waals surface area (Å²) < 4.78 is 42.1. The van der Waals surface area contributed by atoms with Crippen LogP contribution in [0.1, 0.15) is 5.82 Å². The van der Waals surface area contributed by atoms with Gasteiger partial charge in [-0.05, 0) is 47.7 Å². The second-order valence-electron chi connectivity index (χ2n) is 6.10. The van der Waals surface area contributed by atoms with E-state index in [2.05, 4.69) is 25.2 Å². The second-order valence-corrected chi connectivity index (χ2v) is 7.86. The van der Waals surface area contributed by atoms with Crippen LogP contribution < -0.4 is 5.32 Å². The van der Waals surface area contributed by atoms with Gasteiger partial charge >= 0.3 is 0 Å². The zero-order chi connectivity index (χ0) is 19.9. The number of nitrogens with zero attached hydrogens (tertiary/aromatic N) is 6. The Bertz CT molecular complexity index is 1170. The van der Waals surface area contributed by atoms with E-state index in [0.717, 1.165) is 0 Å². The number of fused-ring (bicyclic) bond motifs is 1. The van der Waals surface area contributed by atoms with Crippen LogP contribution in [-0.2, 0) is 14.8 Å². The summed E-state index contributed by atoms with van der Waals surface area (Å²) >= 11 is 0. The number of halogens is 1. The number of hydrogen-bond acceptors (Lipinski definition) is 7. The number of tetrazole rings is 1. The van der Waals surface area contributed by atoms with Gasteiger partial charge in [0.15, 0.2) is 5.82 Å². The molecule has 0 fully saturated rings. The first-order valence-corrected chi connectivity index (χ1v) is 9.79. The topological polar surface area (TPSA) is 122 Å². The summed E-state index contributed by atoms with van der Waals surface area (Å²) in [4.78, 5) is 14.2. The Hall–Kier alpha value is -3.41. The van der Waals surface area contributed by atoms with E-state index in [9.17, 15) is 17.6 Å². The van der Waals surface area contributed by atoms with Gasteiger partial charge in [0.05, 0.1) is 11.3 Å². The van der Waals surface area contributed by atoms with Crippen molar-refractivity contribution < 1.29 is 17.6 Å². The minimum Gasteiger partial charge on any atom is -0.330 e. The van der Waals surface area contributed by atoms with Crippen LogP contribution in [-0.4, -0.2) is 57.6 Å². The highest BCUT2D eigenvalue weighted by Gasteiger charge is 2.25. The van der Waals surface area contributed by atoms with Gasteiger partial charge in [0.2, 0.25) is 0 Å². The van der Waals surface area contributed by atoms with Crippen molar-refractivity contribution in [2.45, 2.75) is 6.92 Å². The third-order valence-corrected chi connectivity index (χ3v) is 5.31. The van der Waals surface area contributed by atoms with Crippen molar-refractivity contribution in [2.75, 3.05) is 17.6 Å². The molecule has 10 nitrogen and oxygen atoms in total. The maximum Gasteiger partial charge on any atom is 0.257 e. The number of hydrogen-bond donors (Lipinski definition) is 1. The molecule has 3 heterocycles. The zero-order valence-corrected chi connectivity index (χ0v) is 15.4.